The van der Waals surface area contributed by atoms with Gasteiger partial charge in [0.15, 0.2) is 0 Å². The van der Waals surface area contributed by atoms with E-state index in [0.717, 1.165) is 38.5 Å². The molecule has 1 aromatic carbocycles. The number of fused-ring (bicyclic) bond motifs is 1. The van der Waals surface area contributed by atoms with Crippen LogP contribution in [-0.4, -0.2) is 55.1 Å². The molecule has 3 atom stereocenters. The number of rotatable bonds is 5. The first kappa shape index (κ1) is 18.9. The van der Waals surface area contributed by atoms with Crippen LogP contribution in [0.1, 0.15) is 34.7 Å². The van der Waals surface area contributed by atoms with Gasteiger partial charge in [-0.1, -0.05) is 30.3 Å². The van der Waals surface area contributed by atoms with Gasteiger partial charge in [0.05, 0.1) is 12.6 Å². The first-order valence-electron chi connectivity index (χ1n) is 10.6. The quantitative estimate of drug-likeness (QED) is 0.656. The van der Waals surface area contributed by atoms with E-state index in [1.807, 2.05) is 18.2 Å². The van der Waals surface area contributed by atoms with Crippen LogP contribution in [0, 0.1) is 11.8 Å². The summed E-state index contributed by atoms with van der Waals surface area (Å²) in [6.07, 6.45) is 5.18. The Morgan fingerprint density at radius 1 is 1.07 bits per heavy atom. The predicted octanol–water partition coefficient (Wildman–Crippen LogP) is 2.64. The molecule has 154 valence electrons. The van der Waals surface area contributed by atoms with E-state index in [1.165, 1.54) is 5.56 Å². The van der Waals surface area contributed by atoms with Gasteiger partial charge in [-0.3, -0.25) is 14.7 Å². The minimum Gasteiger partial charge on any atom is -0.331 e. The maximum atomic E-state index is 13.3. The lowest BCUT2D eigenvalue weighted by atomic mass is 9.89. The normalized spacial score (nSPS) is 23.6. The van der Waals surface area contributed by atoms with Crippen LogP contribution in [0.5, 0.6) is 0 Å². The molecule has 2 aliphatic rings. The lowest BCUT2D eigenvalue weighted by Gasteiger charge is -2.30. The van der Waals surface area contributed by atoms with E-state index in [2.05, 4.69) is 60.7 Å². The minimum absolute atomic E-state index is 0.0888. The molecule has 2 fully saturated rings. The molecule has 7 heteroatoms. The van der Waals surface area contributed by atoms with Crippen molar-refractivity contribution in [1.29, 1.82) is 0 Å². The summed E-state index contributed by atoms with van der Waals surface area (Å²) in [5.41, 5.74) is 1.92. The molecule has 0 unspecified atom stereocenters. The van der Waals surface area contributed by atoms with E-state index in [9.17, 15) is 4.79 Å². The molecule has 0 radical (unpaired) electrons. The summed E-state index contributed by atoms with van der Waals surface area (Å²) in [5.74, 6) is 1.98. The molecule has 5 rings (SSSR count). The largest absolute Gasteiger partial charge is 0.331 e. The number of nitrogens with zero attached hydrogens (tertiary/aromatic N) is 6. The number of pyridine rings is 1. The molecular formula is C23H26N6O. The Labute approximate surface area is 176 Å². The topological polar surface area (TPSA) is 67.2 Å². The lowest BCUT2D eigenvalue weighted by molar-refractivity contribution is 0.0699. The van der Waals surface area contributed by atoms with Crippen molar-refractivity contribution in [2.24, 2.45) is 11.8 Å². The SMILES string of the molecule is CCn1cnnc1CN1C[C@H]2CN(C(=O)c3ccncc3)[C@H](c3ccccc3)[C@H]2C1. The number of aryl methyl sites for hydroxylation is 1. The number of carbonyl (C=O) groups is 1. The number of hydrogen-bond acceptors (Lipinski definition) is 5. The highest BCUT2D eigenvalue weighted by Gasteiger charge is 2.49. The van der Waals surface area contributed by atoms with Gasteiger partial charge in [0.25, 0.3) is 5.91 Å². The maximum Gasteiger partial charge on any atom is 0.254 e. The maximum absolute atomic E-state index is 13.3. The zero-order valence-electron chi connectivity index (χ0n) is 17.1. The van der Waals surface area contributed by atoms with E-state index in [4.69, 9.17) is 0 Å². The summed E-state index contributed by atoms with van der Waals surface area (Å²) in [4.78, 5) is 21.9. The van der Waals surface area contributed by atoms with Gasteiger partial charge in [-0.15, -0.1) is 10.2 Å². The second-order valence-electron chi connectivity index (χ2n) is 8.20. The molecule has 2 saturated heterocycles. The molecule has 2 aromatic heterocycles. The van der Waals surface area contributed by atoms with Crippen molar-refractivity contribution in [3.8, 4) is 0 Å². The summed E-state index contributed by atoms with van der Waals surface area (Å²) in [6, 6.07) is 14.2. The fourth-order valence-electron chi connectivity index (χ4n) is 5.08. The number of aromatic nitrogens is 4. The van der Waals surface area contributed by atoms with Crippen molar-refractivity contribution in [2.45, 2.75) is 26.1 Å². The first-order valence-corrected chi connectivity index (χ1v) is 10.6. The highest BCUT2D eigenvalue weighted by atomic mass is 16.2. The molecule has 1 amide bonds. The Balaban J connectivity index is 1.40. The average molecular weight is 403 g/mol. The third-order valence-electron chi connectivity index (χ3n) is 6.47. The predicted molar refractivity (Wildman–Crippen MR) is 112 cm³/mol. The summed E-state index contributed by atoms with van der Waals surface area (Å²) < 4.78 is 2.10. The molecule has 0 N–H and O–H groups in total. The van der Waals surface area contributed by atoms with Crippen molar-refractivity contribution in [1.82, 2.24) is 29.5 Å². The van der Waals surface area contributed by atoms with E-state index in [0.29, 0.717) is 17.4 Å². The van der Waals surface area contributed by atoms with Crippen LogP contribution < -0.4 is 0 Å². The van der Waals surface area contributed by atoms with Crippen LogP contribution >= 0.6 is 0 Å². The Hall–Kier alpha value is -3.06. The highest BCUT2D eigenvalue weighted by molar-refractivity contribution is 5.94. The van der Waals surface area contributed by atoms with Crippen LogP contribution in [0.25, 0.3) is 0 Å². The number of amides is 1. The lowest BCUT2D eigenvalue weighted by Crippen LogP contribution is -2.35. The van der Waals surface area contributed by atoms with Crippen LogP contribution in [0.3, 0.4) is 0 Å². The van der Waals surface area contributed by atoms with E-state index in [1.54, 1.807) is 18.7 Å². The van der Waals surface area contributed by atoms with Crippen molar-refractivity contribution >= 4 is 5.91 Å². The van der Waals surface area contributed by atoms with Gasteiger partial charge in [0.2, 0.25) is 0 Å². The Morgan fingerprint density at radius 3 is 2.63 bits per heavy atom. The Morgan fingerprint density at radius 2 is 1.87 bits per heavy atom. The van der Waals surface area contributed by atoms with Crippen LogP contribution in [0.15, 0.2) is 61.2 Å². The smallest absolute Gasteiger partial charge is 0.254 e. The Bertz CT molecular complexity index is 1000. The molecule has 0 spiro atoms. The van der Waals surface area contributed by atoms with Crippen LogP contribution in [0.4, 0.5) is 0 Å². The minimum atomic E-state index is 0.0888. The van der Waals surface area contributed by atoms with Crippen LogP contribution in [0.2, 0.25) is 0 Å². The summed E-state index contributed by atoms with van der Waals surface area (Å²) in [6.45, 7) is 6.51. The molecule has 7 nitrogen and oxygen atoms in total. The molecule has 30 heavy (non-hydrogen) atoms. The molecule has 0 aliphatic carbocycles. The van der Waals surface area contributed by atoms with Gasteiger partial charge in [-0.25, -0.2) is 0 Å². The monoisotopic (exact) mass is 402 g/mol. The van der Waals surface area contributed by atoms with Gasteiger partial charge in [0, 0.05) is 50.1 Å². The van der Waals surface area contributed by atoms with Crippen molar-refractivity contribution < 1.29 is 4.79 Å². The van der Waals surface area contributed by atoms with Crippen molar-refractivity contribution in [3.63, 3.8) is 0 Å². The third-order valence-corrected chi connectivity index (χ3v) is 6.47. The summed E-state index contributed by atoms with van der Waals surface area (Å²) in [7, 11) is 0. The summed E-state index contributed by atoms with van der Waals surface area (Å²) in [5, 5.41) is 8.37. The average Bonchev–Trinajstić information content (AvgIpc) is 3.49. The number of carbonyl (C=O) groups excluding carboxylic acids is 1. The van der Waals surface area contributed by atoms with Crippen molar-refractivity contribution in [2.75, 3.05) is 19.6 Å². The Kier molecular flexibility index (Phi) is 5.04. The van der Waals surface area contributed by atoms with Gasteiger partial charge in [-0.05, 0) is 30.5 Å². The third kappa shape index (κ3) is 3.39. The first-order chi connectivity index (χ1) is 14.7. The molecule has 3 aromatic rings. The molecule has 4 heterocycles. The molecule has 0 saturated carbocycles. The fraction of sp³-hybridized carbons (Fsp3) is 0.391. The van der Waals surface area contributed by atoms with E-state index in [-0.39, 0.29) is 11.9 Å². The molecule has 0 bridgehead atoms. The second kappa shape index (κ2) is 7.99. The van der Waals surface area contributed by atoms with Gasteiger partial charge in [0.1, 0.15) is 12.2 Å². The zero-order valence-corrected chi connectivity index (χ0v) is 17.1. The second-order valence-corrected chi connectivity index (χ2v) is 8.20. The fourth-order valence-corrected chi connectivity index (χ4v) is 5.08. The van der Waals surface area contributed by atoms with E-state index < -0.39 is 0 Å². The van der Waals surface area contributed by atoms with Crippen LogP contribution in [-0.2, 0) is 13.1 Å². The zero-order chi connectivity index (χ0) is 20.5. The van der Waals surface area contributed by atoms with Crippen molar-refractivity contribution in [3.05, 3.63) is 78.1 Å². The highest BCUT2D eigenvalue weighted by Crippen LogP contribution is 2.45. The molecule has 2 aliphatic heterocycles. The van der Waals surface area contributed by atoms with Gasteiger partial charge < -0.3 is 9.47 Å². The van der Waals surface area contributed by atoms with Gasteiger partial charge >= 0.3 is 0 Å². The standard InChI is InChI=1S/C23H26N6O/c1-2-28-16-25-26-21(28)15-27-12-19-13-29(23(30)18-8-10-24-11-9-18)22(20(19)14-27)17-6-4-3-5-7-17/h3-11,16,19-20,22H,2,12-15H2,1H3/t19-,20-,22+/m0/s1. The number of likely N-dealkylation sites (tertiary alicyclic amines) is 2. The summed E-state index contributed by atoms with van der Waals surface area (Å²) >= 11 is 0. The van der Waals surface area contributed by atoms with Gasteiger partial charge in [-0.2, -0.15) is 0 Å². The number of benzene rings is 1. The number of hydrogen-bond donors (Lipinski definition) is 0. The van der Waals surface area contributed by atoms with E-state index >= 15 is 0 Å². The molecular weight excluding hydrogens is 376 g/mol.